The van der Waals surface area contributed by atoms with Crippen molar-refractivity contribution in [2.45, 2.75) is 76.5 Å². The van der Waals surface area contributed by atoms with Crippen LogP contribution >= 0.6 is 0 Å². The van der Waals surface area contributed by atoms with Crippen LogP contribution in [0.25, 0.3) is 0 Å². The summed E-state index contributed by atoms with van der Waals surface area (Å²) in [4.78, 5) is 2.70. The van der Waals surface area contributed by atoms with Crippen molar-refractivity contribution in [3.05, 3.63) is 0 Å². The second-order valence-corrected chi connectivity index (χ2v) is 6.69. The Morgan fingerprint density at radius 1 is 1.26 bits per heavy atom. The molecule has 1 atom stereocenters. The largest absolute Gasteiger partial charge is 0.377 e. The molecule has 0 aromatic rings. The molecule has 2 aliphatic rings. The Labute approximate surface area is 119 Å². The highest BCUT2D eigenvalue weighted by Gasteiger charge is 2.35. The molecule has 1 aliphatic carbocycles. The summed E-state index contributed by atoms with van der Waals surface area (Å²) >= 11 is 0. The van der Waals surface area contributed by atoms with E-state index in [9.17, 15) is 0 Å². The van der Waals surface area contributed by atoms with Crippen molar-refractivity contribution < 1.29 is 4.74 Å². The number of nitrogens with zero attached hydrogens (tertiary/aromatic N) is 1. The molecule has 2 fully saturated rings. The van der Waals surface area contributed by atoms with E-state index in [2.05, 4.69) is 24.1 Å². The quantitative estimate of drug-likeness (QED) is 0.830. The topological polar surface area (TPSA) is 24.5 Å². The van der Waals surface area contributed by atoms with Crippen LogP contribution in [-0.2, 0) is 4.74 Å². The van der Waals surface area contributed by atoms with Gasteiger partial charge in [0.25, 0.3) is 0 Å². The van der Waals surface area contributed by atoms with Crippen LogP contribution in [-0.4, -0.2) is 49.3 Å². The van der Waals surface area contributed by atoms with Crippen molar-refractivity contribution in [1.29, 1.82) is 0 Å². The number of methoxy groups -OCH3 is 1. The lowest BCUT2D eigenvalue weighted by Gasteiger charge is -2.45. The molecule has 1 N–H and O–H groups in total. The molecule has 1 aliphatic heterocycles. The van der Waals surface area contributed by atoms with Crippen LogP contribution in [0.3, 0.4) is 0 Å². The maximum atomic E-state index is 5.72. The fraction of sp³-hybridized carbons (Fsp3) is 1.00. The minimum Gasteiger partial charge on any atom is -0.377 e. The van der Waals surface area contributed by atoms with Crippen LogP contribution < -0.4 is 5.32 Å². The predicted molar refractivity (Wildman–Crippen MR) is 80.6 cm³/mol. The molecule has 0 amide bonds. The van der Waals surface area contributed by atoms with E-state index in [1.54, 1.807) is 0 Å². The fourth-order valence-electron chi connectivity index (χ4n) is 3.72. The number of hydrogen-bond acceptors (Lipinski definition) is 3. The van der Waals surface area contributed by atoms with Gasteiger partial charge in [0, 0.05) is 25.7 Å². The Bertz CT molecular complexity index is 263. The molecule has 19 heavy (non-hydrogen) atoms. The normalized spacial score (nSPS) is 37.4. The molecule has 1 heterocycles. The summed E-state index contributed by atoms with van der Waals surface area (Å²) < 4.78 is 5.72. The minimum atomic E-state index is 0.0928. The maximum absolute atomic E-state index is 5.72. The van der Waals surface area contributed by atoms with Gasteiger partial charge < -0.3 is 10.1 Å². The zero-order valence-corrected chi connectivity index (χ0v) is 13.1. The lowest BCUT2D eigenvalue weighted by atomic mass is 9.86. The van der Waals surface area contributed by atoms with E-state index >= 15 is 0 Å². The number of likely N-dealkylation sites (tertiary alicyclic amines) is 1. The summed E-state index contributed by atoms with van der Waals surface area (Å²) in [5.41, 5.74) is 0.0928. The Morgan fingerprint density at radius 2 is 2.00 bits per heavy atom. The Kier molecular flexibility index (Phi) is 5.67. The SMILES string of the molecule is CCCNC1CCC(N2CCCC(C)(OC)C2)CC1. The zero-order valence-electron chi connectivity index (χ0n) is 13.1. The molecule has 2 rings (SSSR count). The van der Waals surface area contributed by atoms with Gasteiger partial charge in [-0.1, -0.05) is 6.92 Å². The van der Waals surface area contributed by atoms with Gasteiger partial charge in [-0.2, -0.15) is 0 Å². The molecular weight excluding hydrogens is 236 g/mol. The van der Waals surface area contributed by atoms with Crippen molar-refractivity contribution in [3.8, 4) is 0 Å². The van der Waals surface area contributed by atoms with Crippen LogP contribution in [0.1, 0.15) is 58.8 Å². The van der Waals surface area contributed by atoms with E-state index in [0.29, 0.717) is 0 Å². The van der Waals surface area contributed by atoms with Crippen LogP contribution in [0.4, 0.5) is 0 Å². The maximum Gasteiger partial charge on any atom is 0.0777 e. The first-order chi connectivity index (χ1) is 9.17. The predicted octanol–water partition coefficient (Wildman–Crippen LogP) is 2.80. The minimum absolute atomic E-state index is 0.0928. The van der Waals surface area contributed by atoms with Crippen molar-refractivity contribution in [3.63, 3.8) is 0 Å². The summed E-state index contributed by atoms with van der Waals surface area (Å²) in [5, 5.41) is 3.68. The number of hydrogen-bond donors (Lipinski definition) is 1. The molecule has 1 saturated carbocycles. The summed E-state index contributed by atoms with van der Waals surface area (Å²) in [6.07, 6.45) is 9.18. The van der Waals surface area contributed by atoms with E-state index in [-0.39, 0.29) is 5.60 Å². The lowest BCUT2D eigenvalue weighted by Crippen LogP contribution is -2.52. The third kappa shape index (κ3) is 4.17. The van der Waals surface area contributed by atoms with E-state index < -0.39 is 0 Å². The Morgan fingerprint density at radius 3 is 2.63 bits per heavy atom. The number of rotatable bonds is 5. The molecule has 0 bridgehead atoms. The molecule has 112 valence electrons. The van der Waals surface area contributed by atoms with E-state index in [1.165, 1.54) is 58.0 Å². The smallest absolute Gasteiger partial charge is 0.0777 e. The van der Waals surface area contributed by atoms with E-state index in [0.717, 1.165) is 18.6 Å². The first-order valence-electron chi connectivity index (χ1n) is 8.19. The third-order valence-corrected chi connectivity index (χ3v) is 5.08. The van der Waals surface area contributed by atoms with Crippen LogP contribution in [0.15, 0.2) is 0 Å². The second-order valence-electron chi connectivity index (χ2n) is 6.69. The van der Waals surface area contributed by atoms with Gasteiger partial charge in [-0.15, -0.1) is 0 Å². The molecule has 0 aromatic carbocycles. The summed E-state index contributed by atoms with van der Waals surface area (Å²) in [5.74, 6) is 0. The zero-order chi connectivity index (χ0) is 13.7. The van der Waals surface area contributed by atoms with E-state index in [4.69, 9.17) is 4.74 Å². The molecule has 0 spiro atoms. The van der Waals surface area contributed by atoms with Crippen LogP contribution in [0, 0.1) is 0 Å². The van der Waals surface area contributed by atoms with Crippen molar-refractivity contribution in [2.24, 2.45) is 0 Å². The van der Waals surface area contributed by atoms with Gasteiger partial charge in [0.1, 0.15) is 0 Å². The van der Waals surface area contributed by atoms with Crippen LogP contribution in [0.2, 0.25) is 0 Å². The average Bonchev–Trinajstić information content (AvgIpc) is 2.46. The molecular formula is C16H32N2O. The van der Waals surface area contributed by atoms with E-state index in [1.807, 2.05) is 7.11 Å². The molecule has 0 radical (unpaired) electrons. The molecule has 0 aromatic heterocycles. The first-order valence-corrected chi connectivity index (χ1v) is 8.19. The highest BCUT2D eigenvalue weighted by molar-refractivity contribution is 4.90. The van der Waals surface area contributed by atoms with Gasteiger partial charge >= 0.3 is 0 Å². The molecule has 1 unspecified atom stereocenters. The second kappa shape index (κ2) is 7.05. The lowest BCUT2D eigenvalue weighted by molar-refractivity contribution is -0.0653. The standard InChI is InChI=1S/C16H32N2O/c1-4-11-17-14-6-8-15(9-7-14)18-12-5-10-16(2,13-18)19-3/h14-15,17H,4-13H2,1-3H3. The average molecular weight is 268 g/mol. The summed E-state index contributed by atoms with van der Waals surface area (Å²) in [7, 11) is 1.87. The highest BCUT2D eigenvalue weighted by Crippen LogP contribution is 2.30. The van der Waals surface area contributed by atoms with Gasteiger partial charge in [0.05, 0.1) is 5.60 Å². The Hall–Kier alpha value is -0.120. The van der Waals surface area contributed by atoms with Crippen molar-refractivity contribution in [2.75, 3.05) is 26.7 Å². The molecule has 3 heteroatoms. The van der Waals surface area contributed by atoms with Gasteiger partial charge in [0.15, 0.2) is 0 Å². The number of ether oxygens (including phenoxy) is 1. The van der Waals surface area contributed by atoms with Crippen LogP contribution in [0.5, 0.6) is 0 Å². The highest BCUT2D eigenvalue weighted by atomic mass is 16.5. The third-order valence-electron chi connectivity index (χ3n) is 5.08. The Balaban J connectivity index is 1.77. The van der Waals surface area contributed by atoms with Gasteiger partial charge in [-0.25, -0.2) is 0 Å². The van der Waals surface area contributed by atoms with Gasteiger partial charge in [-0.3, -0.25) is 4.90 Å². The van der Waals surface area contributed by atoms with Crippen molar-refractivity contribution >= 4 is 0 Å². The molecule has 3 nitrogen and oxygen atoms in total. The molecule has 1 saturated heterocycles. The summed E-state index contributed by atoms with van der Waals surface area (Å²) in [6.45, 7) is 8.10. The van der Waals surface area contributed by atoms with Gasteiger partial charge in [-0.05, 0) is 65.0 Å². The first kappa shape index (κ1) is 15.3. The van der Waals surface area contributed by atoms with Crippen molar-refractivity contribution in [1.82, 2.24) is 10.2 Å². The fourth-order valence-corrected chi connectivity index (χ4v) is 3.72. The monoisotopic (exact) mass is 268 g/mol. The summed E-state index contributed by atoms with van der Waals surface area (Å²) in [6, 6.07) is 1.57. The van der Waals surface area contributed by atoms with Gasteiger partial charge in [0.2, 0.25) is 0 Å². The number of nitrogens with one attached hydrogen (secondary N) is 1. The number of piperidine rings is 1.